The molecule has 0 N–H and O–H groups in total. The zero-order chi connectivity index (χ0) is 15.9. The van der Waals surface area contributed by atoms with Crippen LogP contribution < -0.4 is 0 Å². The van der Waals surface area contributed by atoms with Crippen LogP contribution in [0.5, 0.6) is 0 Å². The number of thiophene rings is 1. The molecule has 0 aromatic carbocycles. The lowest BCUT2D eigenvalue weighted by molar-refractivity contribution is -0.142. The van der Waals surface area contributed by atoms with Crippen LogP contribution in [0.15, 0.2) is 6.07 Å². The number of imide groups is 1. The van der Waals surface area contributed by atoms with Crippen molar-refractivity contribution in [3.63, 3.8) is 0 Å². The van der Waals surface area contributed by atoms with Crippen molar-refractivity contribution in [2.75, 3.05) is 7.11 Å². The first-order valence-electron chi connectivity index (χ1n) is 7.49. The van der Waals surface area contributed by atoms with E-state index in [0.717, 1.165) is 36.1 Å². The second kappa shape index (κ2) is 5.50. The summed E-state index contributed by atoms with van der Waals surface area (Å²) < 4.78 is 4.72. The lowest BCUT2D eigenvalue weighted by atomic mass is 9.84. The van der Waals surface area contributed by atoms with Gasteiger partial charge < -0.3 is 4.74 Å². The number of amides is 2. The molecule has 2 fully saturated rings. The average molecular weight is 321 g/mol. The maximum absolute atomic E-state index is 12.7. The Hall–Kier alpha value is -1.69. The summed E-state index contributed by atoms with van der Waals surface area (Å²) in [5.74, 6) is -0.497. The summed E-state index contributed by atoms with van der Waals surface area (Å²) >= 11 is 1.33. The molecule has 1 aliphatic carbocycles. The predicted octanol–water partition coefficient (Wildman–Crippen LogP) is 2.66. The molecule has 3 rings (SSSR count). The van der Waals surface area contributed by atoms with E-state index in [4.69, 9.17) is 4.74 Å². The molecule has 2 heterocycles. The molecule has 1 saturated carbocycles. The van der Waals surface area contributed by atoms with E-state index < -0.39 is 5.41 Å². The Morgan fingerprint density at radius 1 is 1.36 bits per heavy atom. The number of likely N-dealkylation sites (tertiary alicyclic amines) is 1. The fourth-order valence-electron chi connectivity index (χ4n) is 3.51. The van der Waals surface area contributed by atoms with Crippen LogP contribution in [-0.2, 0) is 20.9 Å². The quantitative estimate of drug-likeness (QED) is 0.634. The Labute approximate surface area is 133 Å². The minimum atomic E-state index is -0.438. The third-order valence-corrected chi connectivity index (χ3v) is 5.86. The first-order chi connectivity index (χ1) is 10.5. The highest BCUT2D eigenvalue weighted by molar-refractivity contribution is 7.14. The summed E-state index contributed by atoms with van der Waals surface area (Å²) in [4.78, 5) is 39.4. The van der Waals surface area contributed by atoms with E-state index in [1.54, 1.807) is 6.07 Å². The number of hydrogen-bond donors (Lipinski definition) is 0. The Morgan fingerprint density at radius 2 is 2.05 bits per heavy atom. The van der Waals surface area contributed by atoms with Crippen molar-refractivity contribution in [1.29, 1.82) is 0 Å². The molecule has 2 aliphatic rings. The first kappa shape index (κ1) is 15.2. The molecular weight excluding hydrogens is 302 g/mol. The fraction of sp³-hybridized carbons (Fsp3) is 0.562. The average Bonchev–Trinajstić information content (AvgIpc) is 3.16. The highest BCUT2D eigenvalue weighted by atomic mass is 32.1. The van der Waals surface area contributed by atoms with Gasteiger partial charge in [0.15, 0.2) is 0 Å². The molecule has 1 saturated heterocycles. The summed E-state index contributed by atoms with van der Waals surface area (Å²) in [6.07, 6.45) is 4.04. The van der Waals surface area contributed by atoms with Gasteiger partial charge in [0.2, 0.25) is 11.8 Å². The van der Waals surface area contributed by atoms with Gasteiger partial charge in [0.05, 0.1) is 19.1 Å². The zero-order valence-electron chi connectivity index (χ0n) is 12.8. The summed E-state index contributed by atoms with van der Waals surface area (Å²) in [5, 5.41) is 0. The van der Waals surface area contributed by atoms with E-state index in [0.29, 0.717) is 11.3 Å². The number of ether oxygens (including phenoxy) is 1. The standard InChI is InChI=1S/C16H19NO4S/c1-10-11(7-12(22-10)14(19)21-2)9-17-13(18)8-16(15(17)20)5-3-4-6-16/h7H,3-6,8-9H2,1-2H3. The van der Waals surface area contributed by atoms with Crippen molar-refractivity contribution in [2.45, 2.75) is 45.6 Å². The molecule has 1 spiro atoms. The molecule has 0 unspecified atom stereocenters. The number of rotatable bonds is 3. The van der Waals surface area contributed by atoms with Gasteiger partial charge in [-0.25, -0.2) is 4.79 Å². The Morgan fingerprint density at radius 3 is 2.68 bits per heavy atom. The number of esters is 1. The van der Waals surface area contributed by atoms with E-state index in [1.165, 1.54) is 23.3 Å². The van der Waals surface area contributed by atoms with E-state index in [1.807, 2.05) is 6.92 Å². The molecular formula is C16H19NO4S. The molecule has 1 aromatic rings. The Kier molecular flexibility index (Phi) is 3.80. The van der Waals surface area contributed by atoms with Crippen LogP contribution in [0.3, 0.4) is 0 Å². The van der Waals surface area contributed by atoms with Gasteiger partial charge in [-0.3, -0.25) is 14.5 Å². The molecule has 118 valence electrons. The number of carbonyl (C=O) groups excluding carboxylic acids is 3. The number of hydrogen-bond acceptors (Lipinski definition) is 5. The normalized spacial score (nSPS) is 20.2. The van der Waals surface area contributed by atoms with E-state index in [2.05, 4.69) is 0 Å². The monoisotopic (exact) mass is 321 g/mol. The van der Waals surface area contributed by atoms with Crippen molar-refractivity contribution in [2.24, 2.45) is 5.41 Å². The van der Waals surface area contributed by atoms with Crippen LogP contribution in [0.4, 0.5) is 0 Å². The second-order valence-corrected chi connectivity index (χ2v) is 7.39. The van der Waals surface area contributed by atoms with E-state index in [9.17, 15) is 14.4 Å². The van der Waals surface area contributed by atoms with Crippen molar-refractivity contribution in [1.82, 2.24) is 4.90 Å². The minimum absolute atomic E-state index is 0.0276. The van der Waals surface area contributed by atoms with Crippen molar-refractivity contribution >= 4 is 29.1 Å². The highest BCUT2D eigenvalue weighted by Gasteiger charge is 2.52. The molecule has 5 nitrogen and oxygen atoms in total. The van der Waals surface area contributed by atoms with Gasteiger partial charge in [0, 0.05) is 11.3 Å². The Balaban J connectivity index is 1.81. The van der Waals surface area contributed by atoms with Gasteiger partial charge >= 0.3 is 5.97 Å². The summed E-state index contributed by atoms with van der Waals surface area (Å²) in [7, 11) is 1.34. The highest BCUT2D eigenvalue weighted by Crippen LogP contribution is 2.47. The SMILES string of the molecule is COC(=O)c1cc(CN2C(=O)CC3(CCCC3)C2=O)c(C)s1. The van der Waals surface area contributed by atoms with Crippen molar-refractivity contribution in [3.8, 4) is 0 Å². The topological polar surface area (TPSA) is 63.7 Å². The number of nitrogens with zero attached hydrogens (tertiary/aromatic N) is 1. The third kappa shape index (κ3) is 2.35. The molecule has 1 aliphatic heterocycles. The number of aryl methyl sites for hydroxylation is 1. The minimum Gasteiger partial charge on any atom is -0.465 e. The third-order valence-electron chi connectivity index (χ3n) is 4.79. The molecule has 22 heavy (non-hydrogen) atoms. The maximum atomic E-state index is 12.7. The summed E-state index contributed by atoms with van der Waals surface area (Å²) in [5.41, 5.74) is 0.411. The fourth-order valence-corrected chi connectivity index (χ4v) is 4.46. The van der Waals surface area contributed by atoms with Gasteiger partial charge in [0.25, 0.3) is 0 Å². The lowest BCUT2D eigenvalue weighted by Gasteiger charge is -2.20. The van der Waals surface area contributed by atoms with Crippen LogP contribution in [0.2, 0.25) is 0 Å². The van der Waals surface area contributed by atoms with Gasteiger partial charge in [-0.2, -0.15) is 0 Å². The molecule has 0 atom stereocenters. The van der Waals surface area contributed by atoms with Crippen molar-refractivity contribution in [3.05, 3.63) is 21.4 Å². The molecule has 2 amide bonds. The lowest BCUT2D eigenvalue weighted by Crippen LogP contribution is -2.34. The van der Waals surface area contributed by atoms with Crippen LogP contribution in [0.1, 0.15) is 52.2 Å². The van der Waals surface area contributed by atoms with Gasteiger partial charge in [-0.1, -0.05) is 12.8 Å². The Bertz CT molecular complexity index is 643. The predicted molar refractivity (Wildman–Crippen MR) is 81.5 cm³/mol. The van der Waals surface area contributed by atoms with Gasteiger partial charge in [-0.05, 0) is 31.4 Å². The molecule has 0 bridgehead atoms. The van der Waals surface area contributed by atoms with Crippen LogP contribution in [0.25, 0.3) is 0 Å². The van der Waals surface area contributed by atoms with E-state index >= 15 is 0 Å². The largest absolute Gasteiger partial charge is 0.465 e. The molecule has 6 heteroatoms. The summed E-state index contributed by atoms with van der Waals surface area (Å²) in [6.45, 7) is 2.15. The number of methoxy groups -OCH3 is 1. The van der Waals surface area contributed by atoms with Crippen LogP contribution >= 0.6 is 11.3 Å². The van der Waals surface area contributed by atoms with Gasteiger partial charge in [-0.15, -0.1) is 11.3 Å². The van der Waals surface area contributed by atoms with E-state index in [-0.39, 0.29) is 24.3 Å². The molecule has 1 aromatic heterocycles. The van der Waals surface area contributed by atoms with Gasteiger partial charge in [0.1, 0.15) is 4.88 Å². The zero-order valence-corrected chi connectivity index (χ0v) is 13.6. The van der Waals surface area contributed by atoms with Crippen molar-refractivity contribution < 1.29 is 19.1 Å². The summed E-state index contributed by atoms with van der Waals surface area (Å²) in [6, 6.07) is 1.73. The van der Waals surface area contributed by atoms with Crippen LogP contribution in [0, 0.1) is 12.3 Å². The maximum Gasteiger partial charge on any atom is 0.348 e. The first-order valence-corrected chi connectivity index (χ1v) is 8.31. The van der Waals surface area contributed by atoms with Crippen LogP contribution in [-0.4, -0.2) is 29.8 Å². The molecule has 0 radical (unpaired) electrons. The second-order valence-electron chi connectivity index (χ2n) is 6.13. The smallest absolute Gasteiger partial charge is 0.348 e. The number of carbonyl (C=O) groups is 3.